The molecule has 252 valence electrons. The number of benzene rings is 2. The third kappa shape index (κ3) is 8.16. The standard InChI is InChI=1S/C31H32N6O9S2/c1-6-45-29(40)24-17(3)25(30(41)46-7-2)48-28(24)33-26(38)18(4)47-31-35-34-23(36(31)20-11-13-21(14-12-20)37(42)43)16-32-27(39)19-9-8-10-22(15-19)44-5/h8-15,18H,6-7,16H2,1-5H3,(H,32,39)(H,33,38). The SMILES string of the molecule is CCOC(=O)c1sc(NC(=O)C(C)Sc2nnc(CNC(=O)c3cccc(OC)c3)n2-c2ccc([N+](=O)[O-])cc2)c(C(=O)OCC)c1C. The second-order valence-electron chi connectivity index (χ2n) is 9.87. The molecule has 48 heavy (non-hydrogen) atoms. The van der Waals surface area contributed by atoms with Crippen LogP contribution in [0.3, 0.4) is 0 Å². The number of hydrogen-bond acceptors (Lipinski definition) is 13. The number of nitro benzene ring substituents is 1. The van der Waals surface area contributed by atoms with Gasteiger partial charge in [-0.1, -0.05) is 17.8 Å². The molecule has 17 heteroatoms. The number of thiophene rings is 1. The lowest BCUT2D eigenvalue weighted by atomic mass is 10.1. The lowest BCUT2D eigenvalue weighted by Crippen LogP contribution is -2.25. The lowest BCUT2D eigenvalue weighted by Gasteiger charge is -2.14. The molecule has 4 aromatic rings. The number of non-ortho nitro benzene ring substituents is 1. The Bertz CT molecular complexity index is 1840. The highest BCUT2D eigenvalue weighted by Gasteiger charge is 2.29. The van der Waals surface area contributed by atoms with Gasteiger partial charge in [0.15, 0.2) is 11.0 Å². The monoisotopic (exact) mass is 696 g/mol. The Kier molecular flexibility index (Phi) is 11.9. The normalized spacial score (nSPS) is 11.4. The first-order valence-electron chi connectivity index (χ1n) is 14.5. The molecule has 0 bridgehead atoms. The Morgan fingerprint density at radius 2 is 1.73 bits per heavy atom. The molecule has 2 aromatic carbocycles. The van der Waals surface area contributed by atoms with Crippen LogP contribution in [0, 0.1) is 17.0 Å². The van der Waals surface area contributed by atoms with Gasteiger partial charge in [0.05, 0.1) is 42.6 Å². The summed E-state index contributed by atoms with van der Waals surface area (Å²) in [5.74, 6) is -1.46. The summed E-state index contributed by atoms with van der Waals surface area (Å²) in [6, 6.07) is 12.2. The minimum atomic E-state index is -0.825. The second-order valence-corrected chi connectivity index (χ2v) is 12.2. The van der Waals surface area contributed by atoms with Crippen molar-refractivity contribution in [3.05, 3.63) is 86.0 Å². The van der Waals surface area contributed by atoms with Gasteiger partial charge in [-0.05, 0) is 63.6 Å². The number of ether oxygens (including phenoxy) is 3. The number of amides is 2. The van der Waals surface area contributed by atoms with Crippen molar-refractivity contribution in [1.29, 1.82) is 0 Å². The number of nitro groups is 1. The average Bonchev–Trinajstić information content (AvgIpc) is 3.63. The maximum absolute atomic E-state index is 13.5. The fraction of sp³-hybridized carbons (Fsp3) is 0.290. The third-order valence-electron chi connectivity index (χ3n) is 6.73. The number of nitrogens with zero attached hydrogens (tertiary/aromatic N) is 4. The van der Waals surface area contributed by atoms with Crippen LogP contribution >= 0.6 is 23.1 Å². The Hall–Kier alpha value is -5.29. The molecule has 4 rings (SSSR count). The van der Waals surface area contributed by atoms with Gasteiger partial charge in [0.1, 0.15) is 15.6 Å². The number of carbonyl (C=O) groups excluding carboxylic acids is 4. The Balaban J connectivity index is 1.61. The number of aromatic nitrogens is 3. The second kappa shape index (κ2) is 16.0. The van der Waals surface area contributed by atoms with Gasteiger partial charge in [0, 0.05) is 23.4 Å². The molecule has 0 saturated heterocycles. The van der Waals surface area contributed by atoms with Crippen LogP contribution in [0.1, 0.15) is 62.5 Å². The van der Waals surface area contributed by atoms with E-state index in [1.54, 1.807) is 56.5 Å². The van der Waals surface area contributed by atoms with Gasteiger partial charge < -0.3 is 24.8 Å². The summed E-state index contributed by atoms with van der Waals surface area (Å²) in [5.41, 5.74) is 1.05. The average molecular weight is 697 g/mol. The van der Waals surface area contributed by atoms with Crippen LogP contribution in [-0.2, 0) is 20.8 Å². The molecule has 2 N–H and O–H groups in total. The molecule has 1 atom stereocenters. The van der Waals surface area contributed by atoms with E-state index < -0.39 is 33.9 Å². The van der Waals surface area contributed by atoms with E-state index in [9.17, 15) is 29.3 Å². The van der Waals surface area contributed by atoms with Gasteiger partial charge in [-0.3, -0.25) is 24.3 Å². The molecule has 0 aliphatic rings. The van der Waals surface area contributed by atoms with Gasteiger partial charge in [-0.25, -0.2) is 9.59 Å². The lowest BCUT2D eigenvalue weighted by molar-refractivity contribution is -0.384. The first-order chi connectivity index (χ1) is 23.0. The van der Waals surface area contributed by atoms with Crippen molar-refractivity contribution in [1.82, 2.24) is 20.1 Å². The van der Waals surface area contributed by atoms with Crippen molar-refractivity contribution >= 4 is 57.5 Å². The predicted molar refractivity (Wildman–Crippen MR) is 177 cm³/mol. The first kappa shape index (κ1) is 35.6. The third-order valence-corrected chi connectivity index (χ3v) is 8.96. The van der Waals surface area contributed by atoms with E-state index in [0.29, 0.717) is 22.6 Å². The number of methoxy groups -OCH3 is 1. The van der Waals surface area contributed by atoms with Crippen molar-refractivity contribution in [3.8, 4) is 11.4 Å². The van der Waals surface area contributed by atoms with Crippen molar-refractivity contribution in [2.75, 3.05) is 25.6 Å². The van der Waals surface area contributed by atoms with Gasteiger partial charge >= 0.3 is 11.9 Å². The summed E-state index contributed by atoms with van der Waals surface area (Å²) in [5, 5.41) is 24.8. The summed E-state index contributed by atoms with van der Waals surface area (Å²) in [6.45, 7) is 6.62. The summed E-state index contributed by atoms with van der Waals surface area (Å²) < 4.78 is 17.0. The molecule has 0 aliphatic carbocycles. The minimum absolute atomic E-state index is 0.0542. The molecule has 15 nitrogen and oxygen atoms in total. The van der Waals surface area contributed by atoms with Crippen LogP contribution in [0.5, 0.6) is 5.75 Å². The summed E-state index contributed by atoms with van der Waals surface area (Å²) in [7, 11) is 1.49. The Morgan fingerprint density at radius 3 is 2.38 bits per heavy atom. The molecule has 1 unspecified atom stereocenters. The number of nitrogens with one attached hydrogen (secondary N) is 2. The molecular weight excluding hydrogens is 665 g/mol. The minimum Gasteiger partial charge on any atom is -0.497 e. The largest absolute Gasteiger partial charge is 0.497 e. The van der Waals surface area contributed by atoms with Crippen molar-refractivity contribution in [3.63, 3.8) is 0 Å². The van der Waals surface area contributed by atoms with E-state index >= 15 is 0 Å². The molecule has 0 saturated carbocycles. The predicted octanol–water partition coefficient (Wildman–Crippen LogP) is 4.96. The van der Waals surface area contributed by atoms with E-state index in [2.05, 4.69) is 20.8 Å². The van der Waals surface area contributed by atoms with E-state index in [1.807, 2.05) is 0 Å². The molecule has 0 aliphatic heterocycles. The maximum atomic E-state index is 13.5. The number of anilines is 1. The van der Waals surface area contributed by atoms with E-state index in [0.717, 1.165) is 23.1 Å². The van der Waals surface area contributed by atoms with E-state index in [-0.39, 0.29) is 51.9 Å². The zero-order valence-electron chi connectivity index (χ0n) is 26.6. The van der Waals surface area contributed by atoms with E-state index in [4.69, 9.17) is 14.2 Å². The van der Waals surface area contributed by atoms with Crippen LogP contribution < -0.4 is 15.4 Å². The van der Waals surface area contributed by atoms with Gasteiger partial charge in [0.25, 0.3) is 11.6 Å². The first-order valence-corrected chi connectivity index (χ1v) is 16.2. The van der Waals surface area contributed by atoms with Crippen LogP contribution in [0.25, 0.3) is 5.69 Å². The molecule has 0 spiro atoms. The Labute approximate surface area is 283 Å². The molecule has 2 heterocycles. The smallest absolute Gasteiger partial charge is 0.348 e. The molecular formula is C31H32N6O9S2. The summed E-state index contributed by atoms with van der Waals surface area (Å²) in [4.78, 5) is 62.6. The van der Waals surface area contributed by atoms with Gasteiger partial charge in [-0.2, -0.15) is 0 Å². The highest BCUT2D eigenvalue weighted by atomic mass is 32.2. The van der Waals surface area contributed by atoms with Crippen molar-refractivity contribution in [2.45, 2.75) is 44.6 Å². The zero-order valence-corrected chi connectivity index (χ0v) is 28.2. The molecule has 2 aromatic heterocycles. The van der Waals surface area contributed by atoms with Crippen LogP contribution in [0.4, 0.5) is 10.7 Å². The highest BCUT2D eigenvalue weighted by molar-refractivity contribution is 8.00. The van der Waals surface area contributed by atoms with Crippen LogP contribution in [0.15, 0.2) is 53.7 Å². The maximum Gasteiger partial charge on any atom is 0.348 e. The van der Waals surface area contributed by atoms with Gasteiger partial charge in [-0.15, -0.1) is 21.5 Å². The number of thioether (sulfide) groups is 1. The molecule has 0 radical (unpaired) electrons. The van der Waals surface area contributed by atoms with Crippen LogP contribution in [0.2, 0.25) is 0 Å². The van der Waals surface area contributed by atoms with Crippen molar-refractivity contribution < 1.29 is 38.3 Å². The molecule has 2 amide bonds. The van der Waals surface area contributed by atoms with Gasteiger partial charge in [0.2, 0.25) is 5.91 Å². The number of carbonyl (C=O) groups is 4. The van der Waals surface area contributed by atoms with E-state index in [1.165, 1.54) is 31.4 Å². The zero-order chi connectivity index (χ0) is 35.0. The van der Waals surface area contributed by atoms with Crippen LogP contribution in [-0.4, -0.2) is 69.0 Å². The number of hydrogen-bond donors (Lipinski definition) is 2. The summed E-state index contributed by atoms with van der Waals surface area (Å²) >= 11 is 1.93. The molecule has 0 fully saturated rings. The fourth-order valence-electron chi connectivity index (χ4n) is 4.37. The fourth-order valence-corrected chi connectivity index (χ4v) is 6.34. The highest BCUT2D eigenvalue weighted by Crippen LogP contribution is 2.35. The van der Waals surface area contributed by atoms with Crippen molar-refractivity contribution in [2.24, 2.45) is 0 Å². The number of esters is 2. The quantitative estimate of drug-likeness (QED) is 0.0780. The number of rotatable bonds is 14. The summed E-state index contributed by atoms with van der Waals surface area (Å²) in [6.07, 6.45) is 0. The Morgan fingerprint density at radius 1 is 1.04 bits per heavy atom. The topological polar surface area (TPSA) is 194 Å².